The maximum atomic E-state index is 11.3. The van der Waals surface area contributed by atoms with Gasteiger partial charge in [0, 0.05) is 17.5 Å². The standard InChI is InChI=1S/C10H14N2OS/c1-7(9-3-2-6-14-9)12-8-4-5-11-10(8)13/h2-3,6-8,12H,4-5H2,1H3,(H,11,13)/t7-,8?/m0/s1. The van der Waals surface area contributed by atoms with Crippen molar-refractivity contribution in [2.24, 2.45) is 0 Å². The molecule has 2 N–H and O–H groups in total. The van der Waals surface area contributed by atoms with Crippen molar-refractivity contribution in [1.29, 1.82) is 0 Å². The SMILES string of the molecule is C[C@H](NC1CCNC1=O)c1cccs1. The quantitative estimate of drug-likeness (QED) is 0.789. The Labute approximate surface area is 87.5 Å². The van der Waals surface area contributed by atoms with Gasteiger partial charge in [0.15, 0.2) is 0 Å². The molecule has 0 spiro atoms. The third-order valence-corrected chi connectivity index (χ3v) is 3.52. The highest BCUT2D eigenvalue weighted by Gasteiger charge is 2.25. The zero-order chi connectivity index (χ0) is 9.97. The highest BCUT2D eigenvalue weighted by atomic mass is 32.1. The number of nitrogens with one attached hydrogen (secondary N) is 2. The maximum absolute atomic E-state index is 11.3. The molecule has 4 heteroatoms. The summed E-state index contributed by atoms with van der Waals surface area (Å²) in [5, 5.41) is 8.21. The number of carbonyl (C=O) groups excluding carboxylic acids is 1. The molecule has 1 amide bonds. The summed E-state index contributed by atoms with van der Waals surface area (Å²) in [5.74, 6) is 0.133. The lowest BCUT2D eigenvalue weighted by Gasteiger charge is -2.15. The molecule has 1 aliphatic rings. The lowest BCUT2D eigenvalue weighted by Crippen LogP contribution is -2.37. The maximum Gasteiger partial charge on any atom is 0.237 e. The van der Waals surface area contributed by atoms with Crippen molar-refractivity contribution in [3.05, 3.63) is 22.4 Å². The summed E-state index contributed by atoms with van der Waals surface area (Å²) in [6, 6.07) is 4.39. The molecule has 14 heavy (non-hydrogen) atoms. The van der Waals surface area contributed by atoms with E-state index in [2.05, 4.69) is 29.0 Å². The van der Waals surface area contributed by atoms with Crippen molar-refractivity contribution >= 4 is 17.2 Å². The Morgan fingerprint density at radius 1 is 1.71 bits per heavy atom. The molecular weight excluding hydrogens is 196 g/mol. The number of carbonyl (C=O) groups is 1. The van der Waals surface area contributed by atoms with E-state index in [1.807, 2.05) is 6.07 Å². The van der Waals surface area contributed by atoms with Crippen LogP contribution in [0.2, 0.25) is 0 Å². The average Bonchev–Trinajstić information content (AvgIpc) is 2.77. The normalized spacial score (nSPS) is 23.5. The first-order valence-electron chi connectivity index (χ1n) is 4.84. The van der Waals surface area contributed by atoms with Crippen LogP contribution < -0.4 is 10.6 Å². The van der Waals surface area contributed by atoms with Gasteiger partial charge < -0.3 is 5.32 Å². The zero-order valence-corrected chi connectivity index (χ0v) is 8.93. The van der Waals surface area contributed by atoms with Crippen LogP contribution in [-0.4, -0.2) is 18.5 Å². The molecule has 76 valence electrons. The van der Waals surface area contributed by atoms with Gasteiger partial charge in [-0.05, 0) is 24.8 Å². The van der Waals surface area contributed by atoms with Gasteiger partial charge in [0.25, 0.3) is 0 Å². The molecule has 2 atom stereocenters. The second-order valence-corrected chi connectivity index (χ2v) is 4.52. The number of thiophene rings is 1. The Morgan fingerprint density at radius 2 is 2.57 bits per heavy atom. The number of rotatable bonds is 3. The number of amides is 1. The Bertz CT molecular complexity index is 310. The number of hydrogen-bond acceptors (Lipinski definition) is 3. The fourth-order valence-corrected chi connectivity index (χ4v) is 2.42. The smallest absolute Gasteiger partial charge is 0.237 e. The summed E-state index contributed by atoms with van der Waals surface area (Å²) in [5.41, 5.74) is 0. The second-order valence-electron chi connectivity index (χ2n) is 3.54. The predicted molar refractivity (Wildman–Crippen MR) is 57.3 cm³/mol. The summed E-state index contributed by atoms with van der Waals surface area (Å²) < 4.78 is 0. The van der Waals surface area contributed by atoms with Crippen LogP contribution in [0.1, 0.15) is 24.3 Å². The first-order chi connectivity index (χ1) is 6.77. The van der Waals surface area contributed by atoms with Crippen LogP contribution in [0.15, 0.2) is 17.5 Å². The highest BCUT2D eigenvalue weighted by Crippen LogP contribution is 2.19. The van der Waals surface area contributed by atoms with Gasteiger partial charge in [0.2, 0.25) is 5.91 Å². The lowest BCUT2D eigenvalue weighted by molar-refractivity contribution is -0.121. The summed E-state index contributed by atoms with van der Waals surface area (Å²) >= 11 is 1.72. The van der Waals surface area contributed by atoms with Gasteiger partial charge in [-0.25, -0.2) is 0 Å². The molecule has 1 aromatic heterocycles. The van der Waals surface area contributed by atoms with Gasteiger partial charge >= 0.3 is 0 Å². The molecule has 1 unspecified atom stereocenters. The van der Waals surface area contributed by atoms with Crippen LogP contribution in [0, 0.1) is 0 Å². The van der Waals surface area contributed by atoms with E-state index < -0.39 is 0 Å². The van der Waals surface area contributed by atoms with Gasteiger partial charge in [0.1, 0.15) is 0 Å². The minimum absolute atomic E-state index is 0.00731. The molecule has 1 fully saturated rings. The van der Waals surface area contributed by atoms with Gasteiger partial charge in [-0.2, -0.15) is 0 Å². The Morgan fingerprint density at radius 3 is 3.14 bits per heavy atom. The molecule has 0 radical (unpaired) electrons. The summed E-state index contributed by atoms with van der Waals surface area (Å²) in [6.07, 6.45) is 0.897. The van der Waals surface area contributed by atoms with Crippen LogP contribution in [0.5, 0.6) is 0 Å². The zero-order valence-electron chi connectivity index (χ0n) is 8.12. The van der Waals surface area contributed by atoms with Crippen LogP contribution in [0.4, 0.5) is 0 Å². The molecule has 0 aromatic carbocycles. The molecule has 1 aromatic rings. The molecular formula is C10H14N2OS. The largest absolute Gasteiger partial charge is 0.355 e. The van der Waals surface area contributed by atoms with Crippen molar-refractivity contribution in [3.63, 3.8) is 0 Å². The topological polar surface area (TPSA) is 41.1 Å². The van der Waals surface area contributed by atoms with Crippen molar-refractivity contribution in [2.75, 3.05) is 6.54 Å². The van der Waals surface area contributed by atoms with E-state index in [0.717, 1.165) is 13.0 Å². The molecule has 0 bridgehead atoms. The van der Waals surface area contributed by atoms with E-state index in [4.69, 9.17) is 0 Å². The summed E-state index contributed by atoms with van der Waals surface area (Å²) in [4.78, 5) is 12.6. The Kier molecular flexibility index (Phi) is 2.84. The van der Waals surface area contributed by atoms with Gasteiger partial charge in [0.05, 0.1) is 6.04 Å². The molecule has 2 heterocycles. The highest BCUT2D eigenvalue weighted by molar-refractivity contribution is 7.10. The van der Waals surface area contributed by atoms with E-state index in [9.17, 15) is 4.79 Å². The van der Waals surface area contributed by atoms with Crippen molar-refractivity contribution in [1.82, 2.24) is 10.6 Å². The third-order valence-electron chi connectivity index (χ3n) is 2.47. The van der Waals surface area contributed by atoms with E-state index in [0.29, 0.717) is 0 Å². The average molecular weight is 210 g/mol. The van der Waals surface area contributed by atoms with Crippen LogP contribution in [0.3, 0.4) is 0 Å². The number of hydrogen-bond donors (Lipinski definition) is 2. The first-order valence-corrected chi connectivity index (χ1v) is 5.72. The second kappa shape index (κ2) is 4.11. The van der Waals surface area contributed by atoms with E-state index >= 15 is 0 Å². The van der Waals surface area contributed by atoms with Crippen LogP contribution in [0.25, 0.3) is 0 Å². The Balaban J connectivity index is 1.94. The summed E-state index contributed by atoms with van der Waals surface area (Å²) in [6.45, 7) is 2.89. The first kappa shape index (κ1) is 9.68. The van der Waals surface area contributed by atoms with Crippen molar-refractivity contribution in [3.8, 4) is 0 Å². The van der Waals surface area contributed by atoms with E-state index in [1.165, 1.54) is 4.88 Å². The van der Waals surface area contributed by atoms with Crippen LogP contribution >= 0.6 is 11.3 Å². The van der Waals surface area contributed by atoms with Gasteiger partial charge in [-0.1, -0.05) is 6.07 Å². The molecule has 3 nitrogen and oxygen atoms in total. The van der Waals surface area contributed by atoms with E-state index in [-0.39, 0.29) is 18.0 Å². The lowest BCUT2D eigenvalue weighted by atomic mass is 10.2. The van der Waals surface area contributed by atoms with Crippen molar-refractivity contribution in [2.45, 2.75) is 25.4 Å². The van der Waals surface area contributed by atoms with Crippen LogP contribution in [-0.2, 0) is 4.79 Å². The fourth-order valence-electron chi connectivity index (χ4n) is 1.67. The van der Waals surface area contributed by atoms with Gasteiger partial charge in [-0.15, -0.1) is 11.3 Å². The molecule has 0 aliphatic carbocycles. The molecule has 1 saturated heterocycles. The predicted octanol–water partition coefficient (Wildman–Crippen LogP) is 1.29. The fraction of sp³-hybridized carbons (Fsp3) is 0.500. The minimum Gasteiger partial charge on any atom is -0.355 e. The van der Waals surface area contributed by atoms with Gasteiger partial charge in [-0.3, -0.25) is 10.1 Å². The molecule has 0 saturated carbocycles. The monoisotopic (exact) mass is 210 g/mol. The summed E-state index contributed by atoms with van der Waals surface area (Å²) in [7, 11) is 0. The third kappa shape index (κ3) is 1.96. The van der Waals surface area contributed by atoms with E-state index in [1.54, 1.807) is 11.3 Å². The Hall–Kier alpha value is -0.870. The molecule has 1 aliphatic heterocycles. The van der Waals surface area contributed by atoms with Crippen molar-refractivity contribution < 1.29 is 4.79 Å². The minimum atomic E-state index is -0.00731. The molecule has 2 rings (SSSR count).